The van der Waals surface area contributed by atoms with E-state index in [0.29, 0.717) is 12.6 Å². The van der Waals surface area contributed by atoms with Gasteiger partial charge in [-0.15, -0.1) is 0 Å². The van der Waals surface area contributed by atoms with Gasteiger partial charge in [0, 0.05) is 6.04 Å². The van der Waals surface area contributed by atoms with Gasteiger partial charge in [-0.05, 0) is 49.6 Å². The molecule has 1 N–H and O–H groups in total. The van der Waals surface area contributed by atoms with Gasteiger partial charge in [0.25, 0.3) is 0 Å². The number of ether oxygens (including phenoxy) is 1. The van der Waals surface area contributed by atoms with Crippen molar-refractivity contribution in [3.63, 3.8) is 0 Å². The van der Waals surface area contributed by atoms with Gasteiger partial charge in [-0.2, -0.15) is 0 Å². The summed E-state index contributed by atoms with van der Waals surface area (Å²) in [4.78, 5) is 0. The lowest BCUT2D eigenvalue weighted by Gasteiger charge is -2.30. The summed E-state index contributed by atoms with van der Waals surface area (Å²) in [6.45, 7) is 11.6. The molecule has 1 unspecified atom stereocenters. The van der Waals surface area contributed by atoms with Crippen LogP contribution in [0.5, 0.6) is 5.75 Å². The molecule has 0 aliphatic heterocycles. The van der Waals surface area contributed by atoms with E-state index in [1.54, 1.807) is 0 Å². The average Bonchev–Trinajstić information content (AvgIpc) is 2.14. The maximum Gasteiger partial charge on any atom is 0.119 e. The Hall–Kier alpha value is -1.02. The summed E-state index contributed by atoms with van der Waals surface area (Å²) in [5.74, 6) is 0.965. The second-order valence-corrected chi connectivity index (χ2v) is 5.84. The van der Waals surface area contributed by atoms with E-state index < -0.39 is 0 Å². The van der Waals surface area contributed by atoms with Crippen LogP contribution in [0.3, 0.4) is 0 Å². The highest BCUT2D eigenvalue weighted by Gasteiger charge is 2.23. The Morgan fingerprint density at radius 2 is 1.65 bits per heavy atom. The predicted molar refractivity (Wildman–Crippen MR) is 73.7 cm³/mol. The number of aryl methyl sites for hydroxylation is 2. The van der Waals surface area contributed by atoms with E-state index in [1.807, 2.05) is 7.05 Å². The molecule has 0 spiro atoms. The minimum atomic E-state index is 0.202. The highest BCUT2D eigenvalue weighted by atomic mass is 16.5. The quantitative estimate of drug-likeness (QED) is 0.864. The molecule has 0 saturated carbocycles. The third kappa shape index (κ3) is 4.39. The van der Waals surface area contributed by atoms with Crippen LogP contribution < -0.4 is 10.1 Å². The molecular formula is C15H25NO. The summed E-state index contributed by atoms with van der Waals surface area (Å²) < 4.78 is 5.88. The van der Waals surface area contributed by atoms with Crippen molar-refractivity contribution in [2.75, 3.05) is 13.7 Å². The minimum Gasteiger partial charge on any atom is -0.492 e. The van der Waals surface area contributed by atoms with Gasteiger partial charge in [-0.1, -0.05) is 26.8 Å². The Balaban J connectivity index is 2.66. The summed E-state index contributed by atoms with van der Waals surface area (Å²) in [6, 6.07) is 6.68. The smallest absolute Gasteiger partial charge is 0.119 e. The first-order valence-corrected chi connectivity index (χ1v) is 6.21. The van der Waals surface area contributed by atoms with Crippen LogP contribution in [-0.4, -0.2) is 19.7 Å². The Kier molecular flexibility index (Phi) is 4.58. The summed E-state index contributed by atoms with van der Waals surface area (Å²) in [5.41, 5.74) is 2.70. The fraction of sp³-hybridized carbons (Fsp3) is 0.600. The van der Waals surface area contributed by atoms with Crippen LogP contribution in [-0.2, 0) is 0 Å². The fourth-order valence-electron chi connectivity index (χ4n) is 1.96. The number of benzene rings is 1. The SMILES string of the molecule is CNC(COc1cc(C)cc(C)c1)C(C)(C)C. The molecule has 1 aromatic carbocycles. The Labute approximate surface area is 105 Å². The molecule has 2 heteroatoms. The van der Waals surface area contributed by atoms with E-state index in [9.17, 15) is 0 Å². The largest absolute Gasteiger partial charge is 0.492 e. The summed E-state index contributed by atoms with van der Waals surface area (Å²) >= 11 is 0. The molecule has 0 aliphatic rings. The van der Waals surface area contributed by atoms with E-state index in [4.69, 9.17) is 4.74 Å². The number of likely N-dealkylation sites (N-methyl/N-ethyl adjacent to an activating group) is 1. The van der Waals surface area contributed by atoms with Gasteiger partial charge < -0.3 is 10.1 Å². The first-order chi connectivity index (χ1) is 7.82. The first-order valence-electron chi connectivity index (χ1n) is 6.21. The zero-order valence-corrected chi connectivity index (χ0v) is 11.9. The zero-order valence-electron chi connectivity index (χ0n) is 11.9. The fourth-order valence-corrected chi connectivity index (χ4v) is 1.96. The van der Waals surface area contributed by atoms with Crippen LogP contribution >= 0.6 is 0 Å². The van der Waals surface area contributed by atoms with Crippen molar-refractivity contribution in [3.05, 3.63) is 29.3 Å². The van der Waals surface area contributed by atoms with Gasteiger partial charge in [0.1, 0.15) is 12.4 Å². The van der Waals surface area contributed by atoms with Gasteiger partial charge >= 0.3 is 0 Å². The lowest BCUT2D eigenvalue weighted by Crippen LogP contribution is -2.42. The van der Waals surface area contributed by atoms with Gasteiger partial charge in [0.2, 0.25) is 0 Å². The third-order valence-corrected chi connectivity index (χ3v) is 3.01. The second-order valence-electron chi connectivity index (χ2n) is 5.84. The van der Waals surface area contributed by atoms with Crippen molar-refractivity contribution in [1.82, 2.24) is 5.32 Å². The lowest BCUT2D eigenvalue weighted by atomic mass is 9.87. The summed E-state index contributed by atoms with van der Waals surface area (Å²) in [5, 5.41) is 3.32. The zero-order chi connectivity index (χ0) is 13.1. The topological polar surface area (TPSA) is 21.3 Å². The normalized spacial score (nSPS) is 13.5. The maximum atomic E-state index is 5.88. The minimum absolute atomic E-state index is 0.202. The molecule has 2 nitrogen and oxygen atoms in total. The van der Waals surface area contributed by atoms with Gasteiger partial charge in [0.05, 0.1) is 0 Å². The molecular weight excluding hydrogens is 210 g/mol. The Morgan fingerprint density at radius 1 is 1.12 bits per heavy atom. The first kappa shape index (κ1) is 14.0. The number of hydrogen-bond acceptors (Lipinski definition) is 2. The molecule has 96 valence electrons. The maximum absolute atomic E-state index is 5.88. The number of hydrogen-bond donors (Lipinski definition) is 1. The van der Waals surface area contributed by atoms with Gasteiger partial charge in [-0.3, -0.25) is 0 Å². The highest BCUT2D eigenvalue weighted by Crippen LogP contribution is 2.21. The van der Waals surface area contributed by atoms with E-state index in [1.165, 1.54) is 11.1 Å². The summed E-state index contributed by atoms with van der Waals surface area (Å²) in [6.07, 6.45) is 0. The van der Waals surface area contributed by atoms with E-state index >= 15 is 0 Å². The Bertz CT molecular complexity index is 345. The molecule has 0 aromatic heterocycles. The van der Waals surface area contributed by atoms with Crippen LogP contribution in [0.2, 0.25) is 0 Å². The predicted octanol–water partition coefficient (Wildman–Crippen LogP) is 3.32. The van der Waals surface area contributed by atoms with E-state index in [0.717, 1.165) is 5.75 Å². The van der Waals surface area contributed by atoms with Crippen molar-refractivity contribution in [2.24, 2.45) is 5.41 Å². The van der Waals surface area contributed by atoms with Crippen molar-refractivity contribution < 1.29 is 4.74 Å². The number of rotatable bonds is 4. The second kappa shape index (κ2) is 5.54. The van der Waals surface area contributed by atoms with Crippen LogP contribution in [0.15, 0.2) is 18.2 Å². The van der Waals surface area contributed by atoms with Gasteiger partial charge in [-0.25, -0.2) is 0 Å². The monoisotopic (exact) mass is 235 g/mol. The summed E-state index contributed by atoms with van der Waals surface area (Å²) in [7, 11) is 1.99. The lowest BCUT2D eigenvalue weighted by molar-refractivity contribution is 0.181. The van der Waals surface area contributed by atoms with E-state index in [2.05, 4.69) is 58.1 Å². The van der Waals surface area contributed by atoms with E-state index in [-0.39, 0.29) is 5.41 Å². The molecule has 0 heterocycles. The molecule has 0 bridgehead atoms. The average molecular weight is 235 g/mol. The molecule has 0 saturated heterocycles. The molecule has 1 atom stereocenters. The third-order valence-electron chi connectivity index (χ3n) is 3.01. The Morgan fingerprint density at radius 3 is 2.06 bits per heavy atom. The molecule has 0 amide bonds. The standard InChI is InChI=1S/C15H25NO/c1-11-7-12(2)9-13(8-11)17-10-14(16-6)15(3,4)5/h7-9,14,16H,10H2,1-6H3. The molecule has 1 aromatic rings. The van der Waals surface area contributed by atoms with Crippen LogP contribution in [0.1, 0.15) is 31.9 Å². The van der Waals surface area contributed by atoms with Crippen LogP contribution in [0.25, 0.3) is 0 Å². The number of nitrogens with one attached hydrogen (secondary N) is 1. The molecule has 0 radical (unpaired) electrons. The molecule has 1 rings (SSSR count). The van der Waals surface area contributed by atoms with Crippen molar-refractivity contribution >= 4 is 0 Å². The van der Waals surface area contributed by atoms with Crippen molar-refractivity contribution in [3.8, 4) is 5.75 Å². The molecule has 0 fully saturated rings. The molecule has 0 aliphatic carbocycles. The highest BCUT2D eigenvalue weighted by molar-refractivity contribution is 5.33. The van der Waals surface area contributed by atoms with Crippen LogP contribution in [0, 0.1) is 19.3 Å². The van der Waals surface area contributed by atoms with Crippen LogP contribution in [0.4, 0.5) is 0 Å². The van der Waals surface area contributed by atoms with Crippen molar-refractivity contribution in [2.45, 2.75) is 40.7 Å². The molecule has 17 heavy (non-hydrogen) atoms. The van der Waals surface area contributed by atoms with Crippen molar-refractivity contribution in [1.29, 1.82) is 0 Å². The van der Waals surface area contributed by atoms with Gasteiger partial charge in [0.15, 0.2) is 0 Å².